The van der Waals surface area contributed by atoms with Crippen LogP contribution >= 0.6 is 0 Å². The molecule has 0 aliphatic carbocycles. The van der Waals surface area contributed by atoms with Crippen LogP contribution in [0, 0.1) is 6.92 Å². The fourth-order valence-electron chi connectivity index (χ4n) is 4.87. The molecule has 0 atom stereocenters. The van der Waals surface area contributed by atoms with Crippen LogP contribution in [0.15, 0.2) is 42.7 Å². The number of hydrogen-bond donors (Lipinski definition) is 1. The fourth-order valence-corrected chi connectivity index (χ4v) is 4.87. The van der Waals surface area contributed by atoms with Crippen molar-refractivity contribution >= 4 is 34.3 Å². The first-order valence-corrected chi connectivity index (χ1v) is 12.7. The molecule has 2 aliphatic heterocycles. The van der Waals surface area contributed by atoms with Gasteiger partial charge in [-0.3, -0.25) is 0 Å². The predicted octanol–water partition coefficient (Wildman–Crippen LogP) is 4.77. The van der Waals surface area contributed by atoms with E-state index >= 15 is 0 Å². The molecule has 9 nitrogen and oxygen atoms in total. The average Bonchev–Trinajstić information content (AvgIpc) is 3.51. The van der Waals surface area contributed by atoms with Crippen LogP contribution in [0.5, 0.6) is 11.5 Å². The van der Waals surface area contributed by atoms with Gasteiger partial charge in [0.15, 0.2) is 23.0 Å². The van der Waals surface area contributed by atoms with Crippen molar-refractivity contribution in [3.05, 3.63) is 53.9 Å². The van der Waals surface area contributed by atoms with Gasteiger partial charge >= 0.3 is 0 Å². The van der Waals surface area contributed by atoms with Crippen molar-refractivity contribution in [3.8, 4) is 11.5 Å². The molecule has 4 aromatic rings. The highest BCUT2D eigenvalue weighted by Crippen LogP contribution is 2.36. The number of imidazole rings is 1. The van der Waals surface area contributed by atoms with Gasteiger partial charge < -0.3 is 29.2 Å². The normalized spacial score (nSPS) is 15.5. The molecule has 0 unspecified atom stereocenters. The van der Waals surface area contributed by atoms with E-state index in [9.17, 15) is 0 Å². The lowest BCUT2D eigenvalue weighted by Gasteiger charge is -2.36. The van der Waals surface area contributed by atoms with E-state index in [1.54, 1.807) is 6.33 Å². The van der Waals surface area contributed by atoms with Crippen molar-refractivity contribution in [1.29, 1.82) is 0 Å². The summed E-state index contributed by atoms with van der Waals surface area (Å²) in [4.78, 5) is 19.0. The number of aromatic nitrogens is 4. The molecular weight excluding hydrogens is 466 g/mol. The molecule has 6 rings (SSSR count). The van der Waals surface area contributed by atoms with E-state index in [4.69, 9.17) is 19.4 Å². The van der Waals surface area contributed by atoms with Gasteiger partial charge in [-0.1, -0.05) is 32.9 Å². The van der Waals surface area contributed by atoms with Crippen molar-refractivity contribution in [1.82, 2.24) is 19.5 Å². The molecule has 0 bridgehead atoms. The van der Waals surface area contributed by atoms with E-state index in [2.05, 4.69) is 78.1 Å². The van der Waals surface area contributed by atoms with E-state index < -0.39 is 0 Å². The Kier molecular flexibility index (Phi) is 5.58. The summed E-state index contributed by atoms with van der Waals surface area (Å²) in [5.74, 6) is 3.09. The predicted molar refractivity (Wildman–Crippen MR) is 146 cm³/mol. The molecule has 0 radical (unpaired) electrons. The number of anilines is 4. The third-order valence-electron chi connectivity index (χ3n) is 7.20. The maximum atomic E-state index is 5.56. The van der Waals surface area contributed by atoms with Gasteiger partial charge in [0.25, 0.3) is 0 Å². The van der Waals surface area contributed by atoms with Gasteiger partial charge in [0, 0.05) is 50.7 Å². The lowest BCUT2D eigenvalue weighted by Crippen LogP contribution is -2.47. The molecule has 2 aromatic heterocycles. The Morgan fingerprint density at radius 1 is 0.892 bits per heavy atom. The van der Waals surface area contributed by atoms with E-state index in [0.29, 0.717) is 11.6 Å². The average molecular weight is 500 g/mol. The first-order valence-electron chi connectivity index (χ1n) is 12.7. The Balaban J connectivity index is 1.27. The van der Waals surface area contributed by atoms with E-state index in [1.807, 2.05) is 17.7 Å². The molecule has 37 heavy (non-hydrogen) atoms. The van der Waals surface area contributed by atoms with Crippen LogP contribution in [0.1, 0.15) is 31.9 Å². The largest absolute Gasteiger partial charge is 0.454 e. The minimum Gasteiger partial charge on any atom is -0.454 e. The number of rotatable bonds is 4. The van der Waals surface area contributed by atoms with Crippen molar-refractivity contribution < 1.29 is 9.47 Å². The monoisotopic (exact) mass is 499 g/mol. The Bertz CT molecular complexity index is 1470. The summed E-state index contributed by atoms with van der Waals surface area (Å²) < 4.78 is 13.0. The zero-order valence-electron chi connectivity index (χ0n) is 22.1. The van der Waals surface area contributed by atoms with E-state index in [0.717, 1.165) is 60.4 Å². The van der Waals surface area contributed by atoms with Gasteiger partial charge in [-0.15, -0.1) is 0 Å². The minimum absolute atomic E-state index is 0.0560. The molecule has 1 fully saturated rings. The molecule has 2 aromatic carbocycles. The lowest BCUT2D eigenvalue weighted by molar-refractivity contribution is 0.174. The first-order chi connectivity index (χ1) is 17.8. The van der Waals surface area contributed by atoms with Crippen LogP contribution < -0.4 is 24.6 Å². The summed E-state index contributed by atoms with van der Waals surface area (Å²) in [6, 6.07) is 12.7. The third kappa shape index (κ3) is 4.39. The Hall–Kier alpha value is -4.01. The van der Waals surface area contributed by atoms with Gasteiger partial charge in [0.05, 0.1) is 6.33 Å². The van der Waals surface area contributed by atoms with Crippen LogP contribution in [0.3, 0.4) is 0 Å². The van der Waals surface area contributed by atoms with Gasteiger partial charge in [-0.05, 0) is 41.7 Å². The smallest absolute Gasteiger partial charge is 0.231 e. The van der Waals surface area contributed by atoms with Gasteiger partial charge in [0.1, 0.15) is 5.52 Å². The summed E-state index contributed by atoms with van der Waals surface area (Å²) >= 11 is 0. The second-order valence-electron chi connectivity index (χ2n) is 10.8. The van der Waals surface area contributed by atoms with Crippen LogP contribution in [-0.2, 0) is 12.5 Å². The minimum atomic E-state index is 0.0560. The quantitative estimate of drug-likeness (QED) is 0.430. The fraction of sp³-hybridized carbons (Fsp3) is 0.393. The van der Waals surface area contributed by atoms with Crippen LogP contribution in [0.25, 0.3) is 11.2 Å². The van der Waals surface area contributed by atoms with Gasteiger partial charge in [-0.25, -0.2) is 4.98 Å². The van der Waals surface area contributed by atoms with E-state index in [-0.39, 0.29) is 12.2 Å². The summed E-state index contributed by atoms with van der Waals surface area (Å²) in [6.45, 7) is 12.4. The molecular formula is C28H33N7O2. The molecule has 0 spiro atoms. The number of fused-ring (bicyclic) bond motifs is 2. The zero-order valence-corrected chi connectivity index (χ0v) is 22.1. The number of piperazine rings is 1. The van der Waals surface area contributed by atoms with Crippen LogP contribution in [0.4, 0.5) is 23.1 Å². The standard InChI is InChI=1S/C28H33N7O2/c1-18-6-7-19(28(2,3)4)14-21(18)30-26-24-25(29-16-33(24)5)31-27(32-26)35-12-10-34(11-13-35)20-8-9-22-23(15-20)37-17-36-22/h6-9,14-16H,10-13,17H2,1-5H3,(H,30,31,32). The van der Waals surface area contributed by atoms with Gasteiger partial charge in [0.2, 0.25) is 12.7 Å². The molecule has 1 saturated heterocycles. The Labute approximate surface area is 217 Å². The molecule has 1 N–H and O–H groups in total. The maximum absolute atomic E-state index is 5.56. The highest BCUT2D eigenvalue weighted by atomic mass is 16.7. The van der Waals surface area contributed by atoms with Crippen molar-refractivity contribution in [2.24, 2.45) is 7.05 Å². The second-order valence-corrected chi connectivity index (χ2v) is 10.8. The number of nitrogens with zero attached hydrogens (tertiary/aromatic N) is 6. The van der Waals surface area contributed by atoms with Gasteiger partial charge in [-0.2, -0.15) is 9.97 Å². The number of hydrogen-bond acceptors (Lipinski definition) is 8. The molecule has 0 amide bonds. The van der Waals surface area contributed by atoms with Crippen LogP contribution in [-0.4, -0.2) is 52.5 Å². The molecule has 4 heterocycles. The SMILES string of the molecule is Cc1ccc(C(C)(C)C)cc1Nc1nc(N2CCN(c3ccc4c(c3)OCO4)CC2)nc2ncn(C)c12. The summed E-state index contributed by atoms with van der Waals surface area (Å²) in [7, 11) is 1.98. The van der Waals surface area contributed by atoms with Crippen LogP contribution in [0.2, 0.25) is 0 Å². The highest BCUT2D eigenvalue weighted by molar-refractivity contribution is 5.87. The number of aryl methyl sites for hydroxylation is 2. The second kappa shape index (κ2) is 8.83. The number of nitrogens with one attached hydrogen (secondary N) is 1. The highest BCUT2D eigenvalue weighted by Gasteiger charge is 2.24. The maximum Gasteiger partial charge on any atom is 0.231 e. The van der Waals surface area contributed by atoms with E-state index in [1.165, 1.54) is 11.1 Å². The number of benzene rings is 2. The summed E-state index contributed by atoms with van der Waals surface area (Å²) in [5, 5.41) is 3.62. The molecule has 192 valence electrons. The topological polar surface area (TPSA) is 80.6 Å². The third-order valence-corrected chi connectivity index (χ3v) is 7.20. The van der Waals surface area contributed by atoms with Crippen molar-refractivity contribution in [3.63, 3.8) is 0 Å². The zero-order chi connectivity index (χ0) is 25.7. The van der Waals surface area contributed by atoms with Crippen molar-refractivity contribution in [2.45, 2.75) is 33.1 Å². The first kappa shape index (κ1) is 23.4. The lowest BCUT2D eigenvalue weighted by atomic mass is 9.86. The summed E-state index contributed by atoms with van der Waals surface area (Å²) in [6.07, 6.45) is 1.80. The summed E-state index contributed by atoms with van der Waals surface area (Å²) in [5.41, 5.74) is 6.27. The molecule has 0 saturated carbocycles. The Morgan fingerprint density at radius 3 is 2.43 bits per heavy atom. The molecule has 2 aliphatic rings. The number of ether oxygens (including phenoxy) is 2. The van der Waals surface area contributed by atoms with Crippen molar-refractivity contribution in [2.75, 3.05) is 48.1 Å². The Morgan fingerprint density at radius 2 is 1.65 bits per heavy atom. The molecule has 9 heteroatoms.